The van der Waals surface area contributed by atoms with Crippen molar-refractivity contribution in [2.45, 2.75) is 25.0 Å². The average molecular weight is 329 g/mol. The first-order valence-corrected chi connectivity index (χ1v) is 7.49. The molecule has 7 heteroatoms. The highest BCUT2D eigenvalue weighted by Crippen LogP contribution is 2.31. The molecule has 2 saturated heterocycles. The summed E-state index contributed by atoms with van der Waals surface area (Å²) in [6.07, 6.45) is 0.484. The molecule has 0 spiro atoms. The minimum Gasteiger partial charge on any atom is -0.386 e. The summed E-state index contributed by atoms with van der Waals surface area (Å²) in [7, 11) is 0. The van der Waals surface area contributed by atoms with Gasteiger partial charge in [-0.1, -0.05) is 23.2 Å². The van der Waals surface area contributed by atoms with E-state index in [0.717, 1.165) is 11.3 Å². The first-order valence-electron chi connectivity index (χ1n) is 6.74. The molecule has 2 aliphatic heterocycles. The van der Waals surface area contributed by atoms with Crippen LogP contribution in [0.4, 0.5) is 4.79 Å². The van der Waals surface area contributed by atoms with Crippen LogP contribution in [0.25, 0.3) is 0 Å². The van der Waals surface area contributed by atoms with Gasteiger partial charge in [0.2, 0.25) is 0 Å². The number of aliphatic hydroxyl groups excluding tert-OH is 1. The first-order chi connectivity index (χ1) is 9.99. The zero-order valence-corrected chi connectivity index (χ0v) is 12.6. The van der Waals surface area contributed by atoms with Gasteiger partial charge in [0.1, 0.15) is 6.04 Å². The molecule has 3 amide bonds. The van der Waals surface area contributed by atoms with Crippen LogP contribution in [0.5, 0.6) is 0 Å². The molecule has 1 aromatic rings. The zero-order valence-electron chi connectivity index (χ0n) is 11.1. The average Bonchev–Trinajstić information content (AvgIpc) is 3.01. The van der Waals surface area contributed by atoms with Crippen LogP contribution in [0.3, 0.4) is 0 Å². The molecule has 0 aromatic heterocycles. The number of carbonyl (C=O) groups excluding carboxylic acids is 2. The van der Waals surface area contributed by atoms with E-state index < -0.39 is 6.10 Å². The van der Waals surface area contributed by atoms with Gasteiger partial charge in [0.15, 0.2) is 0 Å². The monoisotopic (exact) mass is 328 g/mol. The maximum atomic E-state index is 12.2. The minimum absolute atomic E-state index is 0.106. The summed E-state index contributed by atoms with van der Waals surface area (Å²) >= 11 is 11.9. The predicted molar refractivity (Wildman–Crippen MR) is 78.3 cm³/mol. The fourth-order valence-corrected chi connectivity index (χ4v) is 3.31. The Balaban J connectivity index is 1.79. The summed E-state index contributed by atoms with van der Waals surface area (Å²) in [5.41, 5.74) is 0.414. The number of nitrogens with zero attached hydrogens (tertiary/aromatic N) is 2. The quantitative estimate of drug-likeness (QED) is 0.867. The van der Waals surface area contributed by atoms with Gasteiger partial charge in [0, 0.05) is 22.2 Å². The number of aliphatic hydroxyl groups is 1. The van der Waals surface area contributed by atoms with Crippen molar-refractivity contribution in [1.29, 1.82) is 0 Å². The summed E-state index contributed by atoms with van der Waals surface area (Å²) in [4.78, 5) is 27.1. The molecule has 2 atom stereocenters. The molecule has 2 fully saturated rings. The number of fused-ring (bicyclic) bond motifs is 1. The smallest absolute Gasteiger partial charge is 0.327 e. The third-order valence-electron chi connectivity index (χ3n) is 3.95. The molecule has 3 rings (SSSR count). The summed E-state index contributed by atoms with van der Waals surface area (Å²) in [6, 6.07) is 4.04. The molecule has 1 N–H and O–H groups in total. The molecule has 2 heterocycles. The molecular weight excluding hydrogens is 315 g/mol. The Labute approximate surface area is 132 Å². The van der Waals surface area contributed by atoms with Crippen molar-refractivity contribution in [2.24, 2.45) is 0 Å². The SMILES string of the molecule is O=C1[C@@H]2CCCN2C(=O)N1C[C@H](O)c1cc(Cl)ccc1Cl. The second-order valence-corrected chi connectivity index (χ2v) is 6.11. The van der Waals surface area contributed by atoms with Crippen LogP contribution >= 0.6 is 23.2 Å². The van der Waals surface area contributed by atoms with E-state index in [1.54, 1.807) is 23.1 Å². The fraction of sp³-hybridized carbons (Fsp3) is 0.429. The number of amides is 3. The Hall–Kier alpha value is -1.30. The normalized spacial score (nSPS) is 22.9. The number of hydrogen-bond donors (Lipinski definition) is 1. The molecule has 0 bridgehead atoms. The lowest BCUT2D eigenvalue weighted by molar-refractivity contribution is -0.128. The number of halogens is 2. The molecule has 1 aromatic carbocycles. The van der Waals surface area contributed by atoms with Gasteiger partial charge in [-0.05, 0) is 31.0 Å². The highest BCUT2D eigenvalue weighted by molar-refractivity contribution is 6.33. The fourth-order valence-electron chi connectivity index (χ4n) is 2.89. The third-order valence-corrected chi connectivity index (χ3v) is 4.53. The highest BCUT2D eigenvalue weighted by Gasteiger charge is 2.47. The predicted octanol–water partition coefficient (Wildman–Crippen LogP) is 2.45. The summed E-state index contributed by atoms with van der Waals surface area (Å²) < 4.78 is 0. The van der Waals surface area contributed by atoms with Crippen LogP contribution in [0.1, 0.15) is 24.5 Å². The van der Waals surface area contributed by atoms with Gasteiger partial charge in [0.05, 0.1) is 12.6 Å². The van der Waals surface area contributed by atoms with E-state index in [9.17, 15) is 14.7 Å². The number of hydrogen-bond acceptors (Lipinski definition) is 3. The Kier molecular flexibility index (Phi) is 3.82. The number of urea groups is 1. The second kappa shape index (κ2) is 5.48. The largest absolute Gasteiger partial charge is 0.386 e. The molecule has 0 aliphatic carbocycles. The van der Waals surface area contributed by atoms with Crippen molar-refractivity contribution in [3.63, 3.8) is 0 Å². The maximum absolute atomic E-state index is 12.2. The van der Waals surface area contributed by atoms with Crippen molar-refractivity contribution >= 4 is 35.1 Å². The van der Waals surface area contributed by atoms with E-state index in [0.29, 0.717) is 28.6 Å². The molecule has 2 aliphatic rings. The molecule has 112 valence electrons. The van der Waals surface area contributed by atoms with E-state index in [1.807, 2.05) is 0 Å². The van der Waals surface area contributed by atoms with Crippen LogP contribution in [-0.4, -0.2) is 46.0 Å². The van der Waals surface area contributed by atoms with Crippen molar-refractivity contribution < 1.29 is 14.7 Å². The number of benzene rings is 1. The summed E-state index contributed by atoms with van der Waals surface area (Å²) in [6.45, 7) is 0.491. The van der Waals surface area contributed by atoms with Gasteiger partial charge >= 0.3 is 6.03 Å². The highest BCUT2D eigenvalue weighted by atomic mass is 35.5. The summed E-state index contributed by atoms with van der Waals surface area (Å²) in [5.74, 6) is -0.241. The third kappa shape index (κ3) is 2.50. The minimum atomic E-state index is -1.05. The summed E-state index contributed by atoms with van der Waals surface area (Å²) in [5, 5.41) is 11.1. The van der Waals surface area contributed by atoms with Crippen molar-refractivity contribution in [3.05, 3.63) is 33.8 Å². The van der Waals surface area contributed by atoms with Gasteiger partial charge in [-0.15, -0.1) is 0 Å². The lowest BCUT2D eigenvalue weighted by atomic mass is 10.1. The lowest BCUT2D eigenvalue weighted by Gasteiger charge is -2.20. The maximum Gasteiger partial charge on any atom is 0.327 e. The van der Waals surface area contributed by atoms with E-state index in [1.165, 1.54) is 0 Å². The number of rotatable bonds is 3. The standard InChI is InChI=1S/C14H14Cl2N2O3/c15-8-3-4-10(16)9(6-8)12(19)7-18-13(20)11-2-1-5-17(11)14(18)21/h3-4,6,11-12,19H,1-2,5,7H2/t11-,12-/m0/s1. The van der Waals surface area contributed by atoms with Gasteiger partial charge in [-0.2, -0.15) is 0 Å². The molecule has 0 radical (unpaired) electrons. The van der Waals surface area contributed by atoms with Gasteiger partial charge in [-0.3, -0.25) is 9.69 Å². The number of carbonyl (C=O) groups is 2. The van der Waals surface area contributed by atoms with Gasteiger partial charge in [-0.25, -0.2) is 4.79 Å². The van der Waals surface area contributed by atoms with Crippen LogP contribution in [0, 0.1) is 0 Å². The van der Waals surface area contributed by atoms with Crippen LogP contribution in [0.15, 0.2) is 18.2 Å². The van der Waals surface area contributed by atoms with Crippen molar-refractivity contribution in [2.75, 3.05) is 13.1 Å². The van der Waals surface area contributed by atoms with Crippen molar-refractivity contribution in [1.82, 2.24) is 9.80 Å². The number of β-amino-alcohol motifs (C(OH)–C–C–N with tert-alkyl or cyclic N) is 1. The second-order valence-electron chi connectivity index (χ2n) is 5.26. The topological polar surface area (TPSA) is 60.9 Å². The molecular formula is C14H14Cl2N2O3. The lowest BCUT2D eigenvalue weighted by Crippen LogP contribution is -2.36. The first kappa shape index (κ1) is 14.6. The van der Waals surface area contributed by atoms with Crippen LogP contribution in [-0.2, 0) is 4.79 Å². The Morgan fingerprint density at radius 3 is 2.81 bits per heavy atom. The molecule has 0 saturated carbocycles. The van der Waals surface area contributed by atoms with Gasteiger partial charge in [0.25, 0.3) is 5.91 Å². The molecule has 0 unspecified atom stereocenters. The van der Waals surface area contributed by atoms with Crippen LogP contribution in [0.2, 0.25) is 10.0 Å². The van der Waals surface area contributed by atoms with E-state index in [2.05, 4.69) is 0 Å². The zero-order chi connectivity index (χ0) is 15.1. The van der Waals surface area contributed by atoms with Crippen molar-refractivity contribution in [3.8, 4) is 0 Å². The van der Waals surface area contributed by atoms with E-state index in [4.69, 9.17) is 23.2 Å². The Morgan fingerprint density at radius 1 is 1.33 bits per heavy atom. The Bertz CT molecular complexity index is 586. The molecule has 21 heavy (non-hydrogen) atoms. The Morgan fingerprint density at radius 2 is 2.10 bits per heavy atom. The van der Waals surface area contributed by atoms with E-state index >= 15 is 0 Å². The van der Waals surface area contributed by atoms with E-state index in [-0.39, 0.29) is 24.5 Å². The molecule has 5 nitrogen and oxygen atoms in total. The number of imide groups is 1. The van der Waals surface area contributed by atoms with Gasteiger partial charge < -0.3 is 10.0 Å². The van der Waals surface area contributed by atoms with Crippen LogP contribution < -0.4 is 0 Å².